The number of aryl methyl sites for hydroxylation is 1. The molecule has 1 saturated heterocycles. The van der Waals surface area contributed by atoms with Gasteiger partial charge in [-0.05, 0) is 32.4 Å². The Hall–Kier alpha value is -3.56. The molecule has 2 aromatic heterocycles. The van der Waals surface area contributed by atoms with Gasteiger partial charge in [-0.25, -0.2) is 9.78 Å². The Labute approximate surface area is 193 Å². The van der Waals surface area contributed by atoms with Crippen molar-refractivity contribution in [1.82, 2.24) is 9.97 Å². The van der Waals surface area contributed by atoms with Crippen LogP contribution < -0.4 is 15.1 Å². The second-order valence-electron chi connectivity index (χ2n) is 8.11. The number of methoxy groups -OCH3 is 1. The number of aromatic nitrogens is 2. The summed E-state index contributed by atoms with van der Waals surface area (Å²) in [5.41, 5.74) is 0.471. The van der Waals surface area contributed by atoms with E-state index in [-0.39, 0.29) is 48.9 Å². The Balaban J connectivity index is 1.98. The third-order valence-electron chi connectivity index (χ3n) is 5.94. The number of carbonyl (C=O) groups excluding carboxylic acids is 1. The standard InChI is InChI=1S/C24H24F3N3O4/c1-4-34-23(32)18-19(28-13(2)21(33-3)20(18)31)16-11-14-7-5-6-8-17(14)29-22(16)30-10-9-15(12-30)24(25,26)27/h5-8,11,15H,4,9-10,12H2,1-3H3,(H,28,31). The first-order valence-corrected chi connectivity index (χ1v) is 10.9. The lowest BCUT2D eigenvalue weighted by molar-refractivity contribution is -0.168. The highest BCUT2D eigenvalue weighted by Gasteiger charge is 2.44. The summed E-state index contributed by atoms with van der Waals surface area (Å²) < 4.78 is 50.5. The molecule has 0 aliphatic carbocycles. The van der Waals surface area contributed by atoms with Gasteiger partial charge in [-0.1, -0.05) is 18.2 Å². The molecule has 3 heterocycles. The molecule has 1 aliphatic heterocycles. The number of carbonyl (C=O) groups is 1. The van der Waals surface area contributed by atoms with Crippen molar-refractivity contribution in [2.45, 2.75) is 26.4 Å². The number of hydrogen-bond donors (Lipinski definition) is 1. The lowest BCUT2D eigenvalue weighted by Gasteiger charge is -2.23. The minimum Gasteiger partial charge on any atom is -0.491 e. The lowest BCUT2D eigenvalue weighted by atomic mass is 10.0. The van der Waals surface area contributed by atoms with E-state index >= 15 is 0 Å². The zero-order chi connectivity index (χ0) is 24.6. The van der Waals surface area contributed by atoms with Gasteiger partial charge in [0.15, 0.2) is 5.75 Å². The summed E-state index contributed by atoms with van der Waals surface area (Å²) in [5, 5.41) is 0.706. The Morgan fingerprint density at radius 2 is 2.03 bits per heavy atom. The third kappa shape index (κ3) is 4.20. The molecule has 180 valence electrons. The molecule has 0 radical (unpaired) electrons. The third-order valence-corrected chi connectivity index (χ3v) is 5.94. The number of para-hydroxylation sites is 1. The molecule has 1 atom stereocenters. The molecule has 34 heavy (non-hydrogen) atoms. The highest BCUT2D eigenvalue weighted by Crippen LogP contribution is 2.39. The monoisotopic (exact) mass is 475 g/mol. The summed E-state index contributed by atoms with van der Waals surface area (Å²) in [4.78, 5) is 35.3. The van der Waals surface area contributed by atoms with Gasteiger partial charge in [-0.3, -0.25) is 4.79 Å². The maximum Gasteiger partial charge on any atom is 0.393 e. The molecule has 1 aromatic carbocycles. The average Bonchev–Trinajstić information content (AvgIpc) is 3.29. The number of aromatic amines is 1. The number of rotatable bonds is 5. The molecule has 4 rings (SSSR count). The highest BCUT2D eigenvalue weighted by atomic mass is 19.4. The van der Waals surface area contributed by atoms with Crippen molar-refractivity contribution in [1.29, 1.82) is 0 Å². The van der Waals surface area contributed by atoms with Crippen molar-refractivity contribution >= 4 is 22.7 Å². The van der Waals surface area contributed by atoms with Gasteiger partial charge in [-0.15, -0.1) is 0 Å². The zero-order valence-electron chi connectivity index (χ0n) is 19.0. The number of ether oxygens (including phenoxy) is 2. The van der Waals surface area contributed by atoms with Crippen molar-refractivity contribution in [3.8, 4) is 17.0 Å². The summed E-state index contributed by atoms with van der Waals surface area (Å²) in [7, 11) is 1.32. The smallest absolute Gasteiger partial charge is 0.393 e. The van der Waals surface area contributed by atoms with Crippen LogP contribution in [0.1, 0.15) is 29.4 Å². The summed E-state index contributed by atoms with van der Waals surface area (Å²) in [6.07, 6.45) is -4.40. The van der Waals surface area contributed by atoms with Crippen molar-refractivity contribution < 1.29 is 27.4 Å². The first-order valence-electron chi connectivity index (χ1n) is 10.9. The molecule has 10 heteroatoms. The van der Waals surface area contributed by atoms with Crippen LogP contribution in [0.15, 0.2) is 35.1 Å². The summed E-state index contributed by atoms with van der Waals surface area (Å²) in [6, 6.07) is 8.87. The number of H-pyrrole nitrogens is 1. The van der Waals surface area contributed by atoms with E-state index in [0.717, 1.165) is 0 Å². The van der Waals surface area contributed by atoms with Crippen LogP contribution in [0.2, 0.25) is 0 Å². The van der Waals surface area contributed by atoms with Crippen LogP contribution in [-0.2, 0) is 4.74 Å². The van der Waals surface area contributed by atoms with Gasteiger partial charge < -0.3 is 19.4 Å². The molecule has 1 aliphatic rings. The fourth-order valence-corrected chi connectivity index (χ4v) is 4.30. The van der Waals surface area contributed by atoms with Gasteiger partial charge in [0.1, 0.15) is 11.4 Å². The van der Waals surface area contributed by atoms with Gasteiger partial charge in [0.2, 0.25) is 5.43 Å². The van der Waals surface area contributed by atoms with E-state index in [1.165, 1.54) is 7.11 Å². The quantitative estimate of drug-likeness (QED) is 0.548. The molecule has 7 nitrogen and oxygen atoms in total. The van der Waals surface area contributed by atoms with E-state index in [0.29, 0.717) is 22.2 Å². The minimum absolute atomic E-state index is 0.0378. The molecule has 3 aromatic rings. The summed E-state index contributed by atoms with van der Waals surface area (Å²) in [5.74, 6) is -2.13. The van der Waals surface area contributed by atoms with Crippen LogP contribution in [-0.4, -0.2) is 48.9 Å². The first-order chi connectivity index (χ1) is 16.2. The Kier molecular flexibility index (Phi) is 6.24. The maximum atomic E-state index is 13.4. The molecule has 1 fully saturated rings. The number of halogens is 3. The van der Waals surface area contributed by atoms with Crippen LogP contribution in [0.5, 0.6) is 5.75 Å². The molecule has 0 saturated carbocycles. The number of alkyl halides is 3. The fraction of sp³-hybridized carbons (Fsp3) is 0.375. The number of esters is 1. The predicted octanol–water partition coefficient (Wildman–Crippen LogP) is 4.47. The van der Waals surface area contributed by atoms with Crippen molar-refractivity contribution in [2.75, 3.05) is 31.7 Å². The van der Waals surface area contributed by atoms with E-state index in [4.69, 9.17) is 9.47 Å². The van der Waals surface area contributed by atoms with Crippen LogP contribution in [0, 0.1) is 12.8 Å². The first kappa shape index (κ1) is 23.6. The van der Waals surface area contributed by atoms with E-state index < -0.39 is 23.5 Å². The van der Waals surface area contributed by atoms with Crippen LogP contribution in [0.3, 0.4) is 0 Å². The minimum atomic E-state index is -4.33. The van der Waals surface area contributed by atoms with Gasteiger partial charge >= 0.3 is 12.1 Å². The maximum absolute atomic E-state index is 13.4. The molecule has 1 N–H and O–H groups in total. The van der Waals surface area contributed by atoms with Crippen molar-refractivity contribution in [3.63, 3.8) is 0 Å². The Bertz CT molecular complexity index is 1300. The predicted molar refractivity (Wildman–Crippen MR) is 121 cm³/mol. The van der Waals surface area contributed by atoms with Crippen LogP contribution in [0.4, 0.5) is 19.0 Å². The molecule has 0 bridgehead atoms. The number of anilines is 1. The second kappa shape index (κ2) is 9.00. The number of pyridine rings is 2. The van der Waals surface area contributed by atoms with E-state index in [2.05, 4.69) is 9.97 Å². The zero-order valence-corrected chi connectivity index (χ0v) is 19.0. The van der Waals surface area contributed by atoms with Gasteiger partial charge in [0, 0.05) is 24.0 Å². The van der Waals surface area contributed by atoms with E-state index in [1.807, 2.05) is 0 Å². The van der Waals surface area contributed by atoms with Gasteiger partial charge in [0.05, 0.1) is 36.5 Å². The molecule has 0 spiro atoms. The fourth-order valence-electron chi connectivity index (χ4n) is 4.30. The SMILES string of the molecule is CCOC(=O)c1c(-c2cc3ccccc3nc2N2CCC(C(F)(F)F)C2)[nH]c(C)c(OC)c1=O. The largest absolute Gasteiger partial charge is 0.491 e. The van der Waals surface area contributed by atoms with E-state index in [1.54, 1.807) is 49.1 Å². The number of fused-ring (bicyclic) bond motifs is 1. The van der Waals surface area contributed by atoms with E-state index in [9.17, 15) is 22.8 Å². The van der Waals surface area contributed by atoms with Crippen molar-refractivity contribution in [3.05, 3.63) is 51.8 Å². The molecule has 0 amide bonds. The summed E-state index contributed by atoms with van der Waals surface area (Å²) >= 11 is 0. The number of nitrogens with zero attached hydrogens (tertiary/aromatic N) is 2. The van der Waals surface area contributed by atoms with Gasteiger partial charge in [0.25, 0.3) is 0 Å². The molecular formula is C24H24F3N3O4. The topological polar surface area (TPSA) is 84.5 Å². The van der Waals surface area contributed by atoms with Gasteiger partial charge in [-0.2, -0.15) is 13.2 Å². The Morgan fingerprint density at radius 1 is 1.29 bits per heavy atom. The van der Waals surface area contributed by atoms with Crippen LogP contribution in [0.25, 0.3) is 22.2 Å². The lowest BCUT2D eigenvalue weighted by Crippen LogP contribution is -2.28. The van der Waals surface area contributed by atoms with Crippen molar-refractivity contribution in [2.24, 2.45) is 5.92 Å². The Morgan fingerprint density at radius 3 is 2.68 bits per heavy atom. The molecule has 1 unspecified atom stereocenters. The molecular weight excluding hydrogens is 451 g/mol. The number of hydrogen-bond acceptors (Lipinski definition) is 6. The second-order valence-corrected chi connectivity index (χ2v) is 8.11. The normalized spacial score (nSPS) is 16.2. The average molecular weight is 475 g/mol. The number of benzene rings is 1. The van der Waals surface area contributed by atoms with Crippen LogP contribution >= 0.6 is 0 Å². The highest BCUT2D eigenvalue weighted by molar-refractivity contribution is 6.00. The number of nitrogens with one attached hydrogen (secondary N) is 1. The summed E-state index contributed by atoms with van der Waals surface area (Å²) in [6.45, 7) is 3.13.